The summed E-state index contributed by atoms with van der Waals surface area (Å²) in [6.07, 6.45) is 4.27. The third-order valence-corrected chi connectivity index (χ3v) is 3.57. The monoisotopic (exact) mass is 282 g/mol. The van der Waals surface area contributed by atoms with Gasteiger partial charge in [0.2, 0.25) is 0 Å². The molecule has 6 heteroatoms. The van der Waals surface area contributed by atoms with Crippen LogP contribution in [0.5, 0.6) is 0 Å². The quantitative estimate of drug-likeness (QED) is 0.678. The molecule has 0 radical (unpaired) electrons. The summed E-state index contributed by atoms with van der Waals surface area (Å²) in [4.78, 5) is 19.0. The summed E-state index contributed by atoms with van der Waals surface area (Å²) in [5.74, 6) is 0.350. The van der Waals surface area contributed by atoms with E-state index in [0.29, 0.717) is 22.0 Å². The average Bonchev–Trinajstić information content (AvgIpc) is 2.88. The van der Waals surface area contributed by atoms with Gasteiger partial charge in [0.15, 0.2) is 0 Å². The predicted octanol–water partition coefficient (Wildman–Crippen LogP) is 2.35. The highest BCUT2D eigenvalue weighted by atomic mass is 32.1. The second-order valence-corrected chi connectivity index (χ2v) is 5.04. The summed E-state index contributed by atoms with van der Waals surface area (Å²) in [5.41, 5.74) is 1.05. The van der Waals surface area contributed by atoms with Gasteiger partial charge in [-0.15, -0.1) is 0 Å². The number of nitrogens with zero attached hydrogens (tertiary/aromatic N) is 1. The molecule has 1 fully saturated rings. The van der Waals surface area contributed by atoms with E-state index in [1.807, 2.05) is 0 Å². The highest BCUT2D eigenvalue weighted by molar-refractivity contribution is 7.71. The van der Waals surface area contributed by atoms with E-state index in [9.17, 15) is 4.79 Å². The molecule has 0 aromatic carbocycles. The van der Waals surface area contributed by atoms with Gasteiger partial charge in [0, 0.05) is 18.7 Å². The molecule has 0 aliphatic carbocycles. The molecule has 1 saturated heterocycles. The standard InChI is InChI=1S/C13H18N2O3S/c1-8-11(13(16)17-2)12(19)15-10(14-8)6-5-9-4-3-7-18-9/h9H,3-7H2,1-2H3,(H,14,15,19). The Labute approximate surface area is 117 Å². The Hall–Kier alpha value is -1.27. The van der Waals surface area contributed by atoms with Gasteiger partial charge in [0.05, 0.1) is 13.2 Å². The molecule has 1 aromatic heterocycles. The van der Waals surface area contributed by atoms with Crippen LogP contribution in [0.25, 0.3) is 0 Å². The van der Waals surface area contributed by atoms with Crippen LogP contribution in [0.4, 0.5) is 0 Å². The number of rotatable bonds is 4. The second kappa shape index (κ2) is 6.25. The van der Waals surface area contributed by atoms with Gasteiger partial charge in [0.25, 0.3) is 0 Å². The summed E-state index contributed by atoms with van der Waals surface area (Å²) >= 11 is 5.16. The maximum Gasteiger partial charge on any atom is 0.342 e. The highest BCUT2D eigenvalue weighted by Gasteiger charge is 2.17. The molecule has 0 amide bonds. The largest absolute Gasteiger partial charge is 0.465 e. The summed E-state index contributed by atoms with van der Waals surface area (Å²) in [6.45, 7) is 2.66. The first-order chi connectivity index (χ1) is 9.11. The molecule has 1 unspecified atom stereocenters. The average molecular weight is 282 g/mol. The SMILES string of the molecule is COC(=O)c1c(C)[nH]c(CCC2CCCO2)nc1=S. The Balaban J connectivity index is 2.10. The van der Waals surface area contributed by atoms with Gasteiger partial charge >= 0.3 is 5.97 Å². The minimum atomic E-state index is -0.447. The predicted molar refractivity (Wildman–Crippen MR) is 72.8 cm³/mol. The van der Waals surface area contributed by atoms with Crippen molar-refractivity contribution in [3.63, 3.8) is 0 Å². The number of carbonyl (C=O) groups is 1. The molecule has 5 nitrogen and oxygen atoms in total. The van der Waals surface area contributed by atoms with Crippen LogP contribution in [0.3, 0.4) is 0 Å². The fraction of sp³-hybridized carbons (Fsp3) is 0.615. The minimum absolute atomic E-state index is 0.297. The number of H-pyrrole nitrogens is 1. The van der Waals surface area contributed by atoms with Gasteiger partial charge in [-0.1, -0.05) is 12.2 Å². The smallest absolute Gasteiger partial charge is 0.342 e. The van der Waals surface area contributed by atoms with E-state index in [-0.39, 0.29) is 0 Å². The molecule has 1 N–H and O–H groups in total. The molecular weight excluding hydrogens is 264 g/mol. The molecule has 0 spiro atoms. The van der Waals surface area contributed by atoms with Crippen molar-refractivity contribution in [2.75, 3.05) is 13.7 Å². The van der Waals surface area contributed by atoms with Crippen LogP contribution in [0.2, 0.25) is 0 Å². The molecular formula is C13H18N2O3S. The Morgan fingerprint density at radius 2 is 2.42 bits per heavy atom. The molecule has 1 aliphatic heterocycles. The maximum atomic E-state index is 11.6. The molecule has 1 atom stereocenters. The third kappa shape index (κ3) is 3.39. The van der Waals surface area contributed by atoms with E-state index in [4.69, 9.17) is 21.7 Å². The summed E-state index contributed by atoms with van der Waals surface area (Å²) in [6, 6.07) is 0. The number of aromatic nitrogens is 2. The van der Waals surface area contributed by atoms with Crippen LogP contribution in [-0.2, 0) is 15.9 Å². The Morgan fingerprint density at radius 1 is 1.63 bits per heavy atom. The highest BCUT2D eigenvalue weighted by Crippen LogP contribution is 2.17. The van der Waals surface area contributed by atoms with Crippen molar-refractivity contribution in [3.8, 4) is 0 Å². The summed E-state index contributed by atoms with van der Waals surface area (Å²) in [7, 11) is 1.34. The van der Waals surface area contributed by atoms with Gasteiger partial charge < -0.3 is 14.5 Å². The second-order valence-electron chi connectivity index (χ2n) is 4.65. The number of methoxy groups -OCH3 is 1. The lowest BCUT2D eigenvalue weighted by Crippen LogP contribution is -2.12. The first-order valence-electron chi connectivity index (χ1n) is 6.41. The number of hydrogen-bond donors (Lipinski definition) is 1. The van der Waals surface area contributed by atoms with Crippen LogP contribution >= 0.6 is 12.2 Å². The Morgan fingerprint density at radius 3 is 3.00 bits per heavy atom. The molecule has 1 aromatic rings. The first kappa shape index (κ1) is 14.1. The third-order valence-electron chi connectivity index (χ3n) is 3.27. The van der Waals surface area contributed by atoms with Crippen LogP contribution < -0.4 is 0 Å². The topological polar surface area (TPSA) is 64.2 Å². The number of esters is 1. The molecule has 104 valence electrons. The van der Waals surface area contributed by atoms with E-state index in [1.165, 1.54) is 7.11 Å². The van der Waals surface area contributed by atoms with E-state index in [0.717, 1.165) is 38.1 Å². The maximum absolute atomic E-state index is 11.6. The fourth-order valence-electron chi connectivity index (χ4n) is 2.28. The van der Waals surface area contributed by atoms with E-state index < -0.39 is 5.97 Å². The number of aromatic amines is 1. The lowest BCUT2D eigenvalue weighted by atomic mass is 10.1. The zero-order valence-corrected chi connectivity index (χ0v) is 12.0. The van der Waals surface area contributed by atoms with E-state index in [1.54, 1.807) is 6.92 Å². The summed E-state index contributed by atoms with van der Waals surface area (Å²) < 4.78 is 10.6. The Bertz CT molecular complexity index is 521. The molecule has 0 saturated carbocycles. The first-order valence-corrected chi connectivity index (χ1v) is 6.82. The normalized spacial score (nSPS) is 18.5. The van der Waals surface area contributed by atoms with Crippen molar-refractivity contribution in [1.29, 1.82) is 0 Å². The van der Waals surface area contributed by atoms with Crippen molar-refractivity contribution in [2.24, 2.45) is 0 Å². The van der Waals surface area contributed by atoms with Crippen LogP contribution in [-0.4, -0.2) is 35.8 Å². The van der Waals surface area contributed by atoms with Crippen molar-refractivity contribution < 1.29 is 14.3 Å². The van der Waals surface area contributed by atoms with Crippen LogP contribution in [0.15, 0.2) is 0 Å². The molecule has 19 heavy (non-hydrogen) atoms. The minimum Gasteiger partial charge on any atom is -0.465 e. The number of carbonyl (C=O) groups excluding carboxylic acids is 1. The van der Waals surface area contributed by atoms with Gasteiger partial charge in [-0.05, 0) is 26.2 Å². The number of nitrogens with one attached hydrogen (secondary N) is 1. The van der Waals surface area contributed by atoms with Crippen LogP contribution in [0.1, 0.15) is 41.1 Å². The van der Waals surface area contributed by atoms with E-state index in [2.05, 4.69) is 9.97 Å². The fourth-order valence-corrected chi connectivity index (χ4v) is 2.62. The van der Waals surface area contributed by atoms with Crippen molar-refractivity contribution in [1.82, 2.24) is 9.97 Å². The lowest BCUT2D eigenvalue weighted by molar-refractivity contribution is 0.0598. The van der Waals surface area contributed by atoms with Crippen LogP contribution in [0, 0.1) is 11.6 Å². The van der Waals surface area contributed by atoms with Crippen molar-refractivity contribution in [2.45, 2.75) is 38.7 Å². The molecule has 0 bridgehead atoms. The van der Waals surface area contributed by atoms with E-state index >= 15 is 0 Å². The number of hydrogen-bond acceptors (Lipinski definition) is 5. The molecule has 2 rings (SSSR count). The Kier molecular flexibility index (Phi) is 4.66. The number of aryl methyl sites for hydroxylation is 2. The van der Waals surface area contributed by atoms with Gasteiger partial charge in [-0.3, -0.25) is 0 Å². The van der Waals surface area contributed by atoms with Crippen molar-refractivity contribution >= 4 is 18.2 Å². The van der Waals surface area contributed by atoms with Crippen molar-refractivity contribution in [3.05, 3.63) is 21.7 Å². The molecule has 2 heterocycles. The summed E-state index contributed by atoms with van der Waals surface area (Å²) in [5, 5.41) is 0. The molecule has 1 aliphatic rings. The van der Waals surface area contributed by atoms with Gasteiger partial charge in [0.1, 0.15) is 16.0 Å². The zero-order valence-electron chi connectivity index (χ0n) is 11.2. The van der Waals surface area contributed by atoms with Gasteiger partial charge in [-0.25, -0.2) is 9.78 Å². The van der Waals surface area contributed by atoms with Gasteiger partial charge in [-0.2, -0.15) is 0 Å². The zero-order chi connectivity index (χ0) is 13.8. The lowest BCUT2D eigenvalue weighted by Gasteiger charge is -2.10. The number of ether oxygens (including phenoxy) is 2.